The van der Waals surface area contributed by atoms with Crippen LogP contribution in [-0.2, 0) is 11.3 Å². The summed E-state index contributed by atoms with van der Waals surface area (Å²) >= 11 is 0. The van der Waals surface area contributed by atoms with E-state index < -0.39 is 0 Å². The molecule has 0 amide bonds. The van der Waals surface area contributed by atoms with Crippen LogP contribution in [0.5, 0.6) is 0 Å². The van der Waals surface area contributed by atoms with Crippen LogP contribution in [0.25, 0.3) is 11.3 Å². The van der Waals surface area contributed by atoms with E-state index in [9.17, 15) is 0 Å². The van der Waals surface area contributed by atoms with Gasteiger partial charge in [0.25, 0.3) is 0 Å². The number of benzene rings is 1. The molecule has 2 fully saturated rings. The number of hydrogen-bond acceptors (Lipinski definition) is 3. The minimum Gasteiger partial charge on any atom is -0.379 e. The van der Waals surface area contributed by atoms with Crippen LogP contribution in [0.4, 0.5) is 0 Å². The average molecular weight is 339 g/mol. The quantitative estimate of drug-likeness (QED) is 0.816. The molecule has 0 N–H and O–H groups in total. The lowest BCUT2D eigenvalue weighted by molar-refractivity contribution is 0.0335. The molecule has 1 aliphatic carbocycles. The Labute approximate surface area is 150 Å². The Balaban J connectivity index is 1.60. The van der Waals surface area contributed by atoms with Crippen LogP contribution >= 0.6 is 0 Å². The van der Waals surface area contributed by atoms with Crippen LogP contribution in [0.1, 0.15) is 56.3 Å². The summed E-state index contributed by atoms with van der Waals surface area (Å²) in [5.74, 6) is 0.572. The normalized spacial score (nSPS) is 19.3. The number of morpholine rings is 1. The second-order valence-corrected chi connectivity index (χ2v) is 7.72. The van der Waals surface area contributed by atoms with Gasteiger partial charge in [-0.2, -0.15) is 5.10 Å². The van der Waals surface area contributed by atoms with Crippen LogP contribution < -0.4 is 0 Å². The first-order valence-electron chi connectivity index (χ1n) is 9.69. The van der Waals surface area contributed by atoms with Crippen molar-refractivity contribution in [3.8, 4) is 11.3 Å². The maximum absolute atomic E-state index is 5.46. The highest BCUT2D eigenvalue weighted by Gasteiger charge is 2.24. The van der Waals surface area contributed by atoms with Gasteiger partial charge < -0.3 is 4.74 Å². The Morgan fingerprint density at radius 1 is 1.12 bits per heavy atom. The Morgan fingerprint density at radius 2 is 1.84 bits per heavy atom. The van der Waals surface area contributed by atoms with Crippen molar-refractivity contribution in [1.29, 1.82) is 0 Å². The molecule has 1 saturated carbocycles. The predicted octanol–water partition coefficient (Wildman–Crippen LogP) is 4.23. The third-order valence-corrected chi connectivity index (χ3v) is 5.57. The van der Waals surface area contributed by atoms with Gasteiger partial charge in [0.05, 0.1) is 30.6 Å². The predicted molar refractivity (Wildman–Crippen MR) is 101 cm³/mol. The molecule has 4 heteroatoms. The molecule has 0 spiro atoms. The minimum absolute atomic E-state index is 0.572. The molecule has 2 aliphatic rings. The molecule has 0 unspecified atom stereocenters. The van der Waals surface area contributed by atoms with E-state index >= 15 is 0 Å². The van der Waals surface area contributed by atoms with Gasteiger partial charge in [-0.3, -0.25) is 9.58 Å². The zero-order chi connectivity index (χ0) is 17.2. The first-order valence-corrected chi connectivity index (χ1v) is 9.69. The van der Waals surface area contributed by atoms with Crippen molar-refractivity contribution in [2.75, 3.05) is 26.3 Å². The highest BCUT2D eigenvalue weighted by atomic mass is 16.5. The number of rotatable bonds is 5. The highest BCUT2D eigenvalue weighted by molar-refractivity contribution is 5.61. The number of nitrogens with zero attached hydrogens (tertiary/aromatic N) is 3. The fourth-order valence-electron chi connectivity index (χ4n) is 3.67. The van der Waals surface area contributed by atoms with Crippen LogP contribution in [0.3, 0.4) is 0 Å². The molecular weight excluding hydrogens is 310 g/mol. The molecule has 1 aromatic heterocycles. The summed E-state index contributed by atoms with van der Waals surface area (Å²) in [7, 11) is 0. The molecule has 0 bridgehead atoms. The van der Waals surface area contributed by atoms with E-state index in [1.807, 2.05) is 0 Å². The number of ether oxygens (including phenoxy) is 1. The van der Waals surface area contributed by atoms with E-state index in [0.29, 0.717) is 12.0 Å². The first kappa shape index (κ1) is 16.8. The Bertz CT molecular complexity index is 694. The summed E-state index contributed by atoms with van der Waals surface area (Å²) in [6, 6.07) is 11.9. The van der Waals surface area contributed by atoms with Gasteiger partial charge in [-0.1, -0.05) is 38.1 Å². The standard InChI is InChI=1S/C21H29N3O/c1-16(2)17-6-8-18(9-7-17)21-14-19(15-23-10-12-25-13-11-23)22-24(21)20-4-3-5-20/h6-9,14,16,20H,3-5,10-13,15H2,1-2H3. The van der Waals surface area contributed by atoms with Crippen LogP contribution in [0.15, 0.2) is 30.3 Å². The number of hydrogen-bond donors (Lipinski definition) is 0. The number of aromatic nitrogens is 2. The van der Waals surface area contributed by atoms with Crippen molar-refractivity contribution >= 4 is 0 Å². The maximum atomic E-state index is 5.46. The zero-order valence-corrected chi connectivity index (χ0v) is 15.4. The molecule has 0 atom stereocenters. The molecule has 4 nitrogen and oxygen atoms in total. The lowest BCUT2D eigenvalue weighted by Gasteiger charge is -2.28. The summed E-state index contributed by atoms with van der Waals surface area (Å²) in [6.45, 7) is 9.12. The average Bonchev–Trinajstić information content (AvgIpc) is 2.97. The molecule has 1 aromatic carbocycles. The van der Waals surface area contributed by atoms with Gasteiger partial charge in [-0.05, 0) is 42.4 Å². The van der Waals surface area contributed by atoms with E-state index in [0.717, 1.165) is 32.8 Å². The molecule has 2 aromatic rings. The molecule has 4 rings (SSSR count). The molecule has 2 heterocycles. The Morgan fingerprint density at radius 3 is 2.44 bits per heavy atom. The fourth-order valence-corrected chi connectivity index (χ4v) is 3.67. The van der Waals surface area contributed by atoms with E-state index in [2.05, 4.69) is 53.8 Å². The van der Waals surface area contributed by atoms with Crippen molar-refractivity contribution in [2.45, 2.75) is 51.6 Å². The van der Waals surface area contributed by atoms with Gasteiger partial charge in [0.1, 0.15) is 0 Å². The first-order chi connectivity index (χ1) is 12.2. The van der Waals surface area contributed by atoms with Crippen molar-refractivity contribution < 1.29 is 4.74 Å². The zero-order valence-electron chi connectivity index (χ0n) is 15.4. The lowest BCUT2D eigenvalue weighted by atomic mass is 9.92. The summed E-state index contributed by atoms with van der Waals surface area (Å²) < 4.78 is 7.76. The molecule has 0 radical (unpaired) electrons. The lowest BCUT2D eigenvalue weighted by Crippen LogP contribution is -2.35. The smallest absolute Gasteiger partial charge is 0.0771 e. The van der Waals surface area contributed by atoms with Crippen LogP contribution in [0.2, 0.25) is 0 Å². The second-order valence-electron chi connectivity index (χ2n) is 7.72. The monoisotopic (exact) mass is 339 g/mol. The molecular formula is C21H29N3O. The van der Waals surface area contributed by atoms with Gasteiger partial charge in [0.2, 0.25) is 0 Å². The highest BCUT2D eigenvalue weighted by Crippen LogP contribution is 2.35. The Kier molecular flexibility index (Phi) is 4.91. The third-order valence-electron chi connectivity index (χ3n) is 5.57. The topological polar surface area (TPSA) is 30.3 Å². The third kappa shape index (κ3) is 3.65. The van der Waals surface area contributed by atoms with Gasteiger partial charge in [0, 0.05) is 19.6 Å². The van der Waals surface area contributed by atoms with Gasteiger partial charge >= 0.3 is 0 Å². The largest absolute Gasteiger partial charge is 0.379 e. The van der Waals surface area contributed by atoms with E-state index in [-0.39, 0.29) is 0 Å². The Hall–Kier alpha value is -1.65. The van der Waals surface area contributed by atoms with Gasteiger partial charge in [-0.25, -0.2) is 0 Å². The van der Waals surface area contributed by atoms with Crippen molar-refractivity contribution in [3.05, 3.63) is 41.6 Å². The van der Waals surface area contributed by atoms with E-state index in [1.54, 1.807) is 0 Å². The van der Waals surface area contributed by atoms with Crippen molar-refractivity contribution in [2.24, 2.45) is 0 Å². The molecule has 1 aliphatic heterocycles. The molecule has 1 saturated heterocycles. The van der Waals surface area contributed by atoms with Crippen molar-refractivity contribution in [3.63, 3.8) is 0 Å². The summed E-state index contributed by atoms with van der Waals surface area (Å²) in [6.07, 6.45) is 3.85. The van der Waals surface area contributed by atoms with Crippen LogP contribution in [0, 0.1) is 0 Å². The van der Waals surface area contributed by atoms with E-state index in [4.69, 9.17) is 9.84 Å². The summed E-state index contributed by atoms with van der Waals surface area (Å²) in [5, 5.41) is 4.99. The van der Waals surface area contributed by atoms with Crippen molar-refractivity contribution in [1.82, 2.24) is 14.7 Å². The minimum atomic E-state index is 0.572. The SMILES string of the molecule is CC(C)c1ccc(-c2cc(CN3CCOCC3)nn2C2CCC2)cc1. The summed E-state index contributed by atoms with van der Waals surface area (Å²) in [4.78, 5) is 2.45. The maximum Gasteiger partial charge on any atom is 0.0771 e. The molecule has 134 valence electrons. The van der Waals surface area contributed by atoms with Gasteiger partial charge in [0.15, 0.2) is 0 Å². The van der Waals surface area contributed by atoms with Crippen LogP contribution in [-0.4, -0.2) is 41.0 Å². The molecule has 25 heavy (non-hydrogen) atoms. The second kappa shape index (κ2) is 7.30. The van der Waals surface area contributed by atoms with Gasteiger partial charge in [-0.15, -0.1) is 0 Å². The fraction of sp³-hybridized carbons (Fsp3) is 0.571. The summed E-state index contributed by atoms with van der Waals surface area (Å²) in [5.41, 5.74) is 5.16. The van der Waals surface area contributed by atoms with E-state index in [1.165, 1.54) is 41.8 Å².